The van der Waals surface area contributed by atoms with E-state index < -0.39 is 5.60 Å². The molecule has 3 aliphatic carbocycles. The minimum absolute atomic E-state index is 0.449. The lowest BCUT2D eigenvalue weighted by Gasteiger charge is -2.61. The van der Waals surface area contributed by atoms with Crippen molar-refractivity contribution in [1.29, 1.82) is 0 Å². The normalized spacial score (nSPS) is 50.7. The van der Waals surface area contributed by atoms with E-state index in [0.717, 1.165) is 18.3 Å². The Bertz CT molecular complexity index is 422. The summed E-state index contributed by atoms with van der Waals surface area (Å²) in [5.41, 5.74) is 1.51. The minimum Gasteiger partial charge on any atom is -0.390 e. The van der Waals surface area contributed by atoms with Crippen LogP contribution in [0.2, 0.25) is 0 Å². The summed E-state index contributed by atoms with van der Waals surface area (Å²) in [5.74, 6) is 3.32. The second-order valence-electron chi connectivity index (χ2n) is 9.17. The Hall–Kier alpha value is -0.300. The fourth-order valence-electron chi connectivity index (χ4n) is 6.34. The number of aliphatic hydroxyl groups is 1. The molecular formula is C20H34O. The van der Waals surface area contributed by atoms with Crippen LogP contribution in [0.25, 0.3) is 0 Å². The van der Waals surface area contributed by atoms with E-state index in [-0.39, 0.29) is 0 Å². The highest BCUT2D eigenvalue weighted by molar-refractivity contribution is 5.18. The Kier molecular flexibility index (Phi) is 3.80. The zero-order valence-electron chi connectivity index (χ0n) is 14.5. The van der Waals surface area contributed by atoms with Crippen LogP contribution in [0, 0.1) is 35.0 Å². The molecule has 1 N–H and O–H groups in total. The Morgan fingerprint density at radius 1 is 1.14 bits per heavy atom. The fourth-order valence-corrected chi connectivity index (χ4v) is 6.34. The summed E-state index contributed by atoms with van der Waals surface area (Å²) in [7, 11) is 0. The molecule has 0 heterocycles. The fraction of sp³-hybridized carbons (Fsp3) is 0.900. The highest BCUT2D eigenvalue weighted by Gasteiger charge is 2.57. The van der Waals surface area contributed by atoms with Crippen molar-refractivity contribution in [3.05, 3.63) is 12.2 Å². The van der Waals surface area contributed by atoms with Crippen LogP contribution < -0.4 is 0 Å². The molecule has 3 fully saturated rings. The second-order valence-corrected chi connectivity index (χ2v) is 9.17. The third kappa shape index (κ3) is 2.40. The van der Waals surface area contributed by atoms with Crippen LogP contribution in [0.5, 0.6) is 0 Å². The summed E-state index contributed by atoms with van der Waals surface area (Å²) in [4.78, 5) is 0. The first-order chi connectivity index (χ1) is 9.76. The van der Waals surface area contributed by atoms with Crippen molar-refractivity contribution in [2.75, 3.05) is 0 Å². The molecule has 1 nitrogen and oxygen atoms in total. The number of allylic oxidation sites excluding steroid dienone is 1. The zero-order chi connectivity index (χ0) is 15.4. The van der Waals surface area contributed by atoms with Crippen LogP contribution in [0.15, 0.2) is 12.2 Å². The van der Waals surface area contributed by atoms with E-state index in [9.17, 15) is 5.11 Å². The van der Waals surface area contributed by atoms with Crippen LogP contribution in [-0.4, -0.2) is 10.7 Å². The highest BCUT2D eigenvalue weighted by Crippen LogP contribution is 2.62. The lowest BCUT2D eigenvalue weighted by atomic mass is 9.45. The van der Waals surface area contributed by atoms with Gasteiger partial charge in [-0.2, -0.15) is 0 Å². The second kappa shape index (κ2) is 5.11. The molecule has 0 amide bonds. The van der Waals surface area contributed by atoms with Crippen molar-refractivity contribution in [1.82, 2.24) is 0 Å². The monoisotopic (exact) mass is 290 g/mol. The molecule has 3 aliphatic rings. The van der Waals surface area contributed by atoms with Crippen LogP contribution in [-0.2, 0) is 0 Å². The van der Waals surface area contributed by atoms with Crippen molar-refractivity contribution >= 4 is 0 Å². The zero-order valence-corrected chi connectivity index (χ0v) is 14.5. The summed E-state index contributed by atoms with van der Waals surface area (Å²) in [6, 6.07) is 0. The maximum Gasteiger partial charge on any atom is 0.0650 e. The van der Waals surface area contributed by atoms with E-state index in [0.29, 0.717) is 23.2 Å². The number of rotatable bonds is 1. The number of hydrogen-bond donors (Lipinski definition) is 1. The first-order valence-corrected chi connectivity index (χ1v) is 9.16. The molecule has 0 aromatic rings. The smallest absolute Gasteiger partial charge is 0.0650 e. The topological polar surface area (TPSA) is 20.2 Å². The van der Waals surface area contributed by atoms with Crippen molar-refractivity contribution in [2.24, 2.45) is 35.0 Å². The summed E-state index contributed by atoms with van der Waals surface area (Å²) < 4.78 is 0. The van der Waals surface area contributed by atoms with E-state index in [1.807, 2.05) is 0 Å². The molecule has 0 unspecified atom stereocenters. The molecule has 3 saturated carbocycles. The maximum atomic E-state index is 11.0. The van der Waals surface area contributed by atoms with Crippen molar-refractivity contribution in [3.8, 4) is 0 Å². The SMILES string of the molecule is C=C1CCC[C@]2(C)CC[C@@H]3[C@@H]([C@@H]12)[C@H](C(C)C)CC[C@]3(C)O. The molecule has 120 valence electrons. The first kappa shape index (κ1) is 15.6. The van der Waals surface area contributed by atoms with E-state index in [2.05, 4.69) is 34.3 Å². The van der Waals surface area contributed by atoms with Gasteiger partial charge in [0.15, 0.2) is 0 Å². The van der Waals surface area contributed by atoms with Gasteiger partial charge in [-0.25, -0.2) is 0 Å². The van der Waals surface area contributed by atoms with E-state index in [4.69, 9.17) is 0 Å². The molecule has 21 heavy (non-hydrogen) atoms. The van der Waals surface area contributed by atoms with Gasteiger partial charge in [0.1, 0.15) is 0 Å². The van der Waals surface area contributed by atoms with Gasteiger partial charge in [-0.05, 0) is 86.9 Å². The lowest BCUT2D eigenvalue weighted by molar-refractivity contribution is -0.147. The van der Waals surface area contributed by atoms with Crippen LogP contribution in [0.1, 0.15) is 72.6 Å². The molecule has 0 aromatic heterocycles. The summed E-state index contributed by atoms with van der Waals surface area (Å²) in [6.07, 6.45) is 8.62. The lowest BCUT2D eigenvalue weighted by Crippen LogP contribution is -2.57. The van der Waals surface area contributed by atoms with E-state index >= 15 is 0 Å². The van der Waals surface area contributed by atoms with Crippen LogP contribution >= 0.6 is 0 Å². The van der Waals surface area contributed by atoms with Gasteiger partial charge >= 0.3 is 0 Å². The van der Waals surface area contributed by atoms with Crippen molar-refractivity contribution in [2.45, 2.75) is 78.2 Å². The predicted molar refractivity (Wildman–Crippen MR) is 89.0 cm³/mol. The van der Waals surface area contributed by atoms with E-state index in [1.54, 1.807) is 0 Å². The molecule has 6 atom stereocenters. The number of hydrogen-bond acceptors (Lipinski definition) is 1. The largest absolute Gasteiger partial charge is 0.390 e. The molecule has 0 radical (unpaired) electrons. The van der Waals surface area contributed by atoms with E-state index in [1.165, 1.54) is 44.1 Å². The van der Waals surface area contributed by atoms with Gasteiger partial charge in [-0.15, -0.1) is 0 Å². The first-order valence-electron chi connectivity index (χ1n) is 9.16. The van der Waals surface area contributed by atoms with Gasteiger partial charge < -0.3 is 5.11 Å². The Balaban J connectivity index is 2.01. The van der Waals surface area contributed by atoms with Crippen molar-refractivity contribution in [3.63, 3.8) is 0 Å². The summed E-state index contributed by atoms with van der Waals surface area (Å²) in [6.45, 7) is 13.9. The van der Waals surface area contributed by atoms with Gasteiger partial charge in [0, 0.05) is 0 Å². The average Bonchev–Trinajstić information content (AvgIpc) is 2.36. The maximum absolute atomic E-state index is 11.0. The Morgan fingerprint density at radius 3 is 2.52 bits per heavy atom. The molecule has 0 aromatic carbocycles. The molecule has 0 aliphatic heterocycles. The highest BCUT2D eigenvalue weighted by atomic mass is 16.3. The minimum atomic E-state index is -0.449. The van der Waals surface area contributed by atoms with Gasteiger partial charge in [0.25, 0.3) is 0 Å². The molecule has 3 rings (SSSR count). The predicted octanol–water partition coefficient (Wildman–Crippen LogP) is 5.19. The molecule has 1 heteroatoms. The Morgan fingerprint density at radius 2 is 1.86 bits per heavy atom. The summed E-state index contributed by atoms with van der Waals surface area (Å²) >= 11 is 0. The van der Waals surface area contributed by atoms with Gasteiger partial charge in [-0.1, -0.05) is 32.9 Å². The summed E-state index contributed by atoms with van der Waals surface area (Å²) in [5, 5.41) is 11.0. The van der Waals surface area contributed by atoms with Gasteiger partial charge in [0.05, 0.1) is 5.60 Å². The molecule has 0 spiro atoms. The van der Waals surface area contributed by atoms with Gasteiger partial charge in [0.2, 0.25) is 0 Å². The van der Waals surface area contributed by atoms with Crippen LogP contribution in [0.4, 0.5) is 0 Å². The van der Waals surface area contributed by atoms with Crippen molar-refractivity contribution < 1.29 is 5.11 Å². The third-order valence-corrected chi connectivity index (χ3v) is 7.45. The quantitative estimate of drug-likeness (QED) is 0.659. The number of fused-ring (bicyclic) bond motifs is 3. The standard InChI is InChI=1S/C20H34O/c1-13(2)15-8-12-20(5,21)16-9-11-19(4)10-6-7-14(3)18(19)17(15)16/h13,15-18,21H,3,6-12H2,1-2,4-5H3/t15-,16+,17-,18+,19+,20-/m0/s1. The van der Waals surface area contributed by atoms with Crippen LogP contribution in [0.3, 0.4) is 0 Å². The Labute approximate surface area is 131 Å². The molecular weight excluding hydrogens is 256 g/mol. The molecule has 0 bridgehead atoms. The van der Waals surface area contributed by atoms with Gasteiger partial charge in [-0.3, -0.25) is 0 Å². The average molecular weight is 290 g/mol. The third-order valence-electron chi connectivity index (χ3n) is 7.45. The molecule has 0 saturated heterocycles.